The van der Waals surface area contributed by atoms with E-state index in [1.807, 2.05) is 0 Å². The fraction of sp³-hybridized carbons (Fsp3) is 0. The number of hydrogen-bond donors (Lipinski definition) is 1. The number of carbonyl (C=O) groups excluding carboxylic acids is 2. The Balaban J connectivity index is 2.69. The Hall–Kier alpha value is -1.82. The van der Waals surface area contributed by atoms with Crippen LogP contribution in [0.1, 0.15) is 20.7 Å². The second-order valence-electron chi connectivity index (χ2n) is 2.19. The van der Waals surface area contributed by atoms with Crippen molar-refractivity contribution in [1.82, 2.24) is 5.32 Å². The number of hydrogen-bond acceptors (Lipinski definition) is 2. The van der Waals surface area contributed by atoms with Gasteiger partial charge in [0, 0.05) is 12.1 Å². The van der Waals surface area contributed by atoms with Gasteiger partial charge in [0.2, 0.25) is 0 Å². The Morgan fingerprint density at radius 2 is 1.45 bits per heavy atom. The van der Waals surface area contributed by atoms with Crippen molar-refractivity contribution in [2.24, 2.45) is 0 Å². The summed E-state index contributed by atoms with van der Waals surface area (Å²) in [4.78, 5) is 21.8. The monoisotopic (exact) mass is 145 g/mol. The van der Waals surface area contributed by atoms with Crippen LogP contribution >= 0.6 is 0 Å². The highest BCUT2D eigenvalue weighted by Crippen LogP contribution is 2.11. The van der Waals surface area contributed by atoms with Crippen LogP contribution in [0.25, 0.3) is 0 Å². The minimum Gasteiger partial charge on any atom is -0.288 e. The smallest absolute Gasteiger partial charge is 0.259 e. The molecule has 3 heteroatoms. The van der Waals surface area contributed by atoms with Gasteiger partial charge in [0.15, 0.2) is 0 Å². The first-order valence-corrected chi connectivity index (χ1v) is 3.06. The lowest BCUT2D eigenvalue weighted by Gasteiger charge is -1.84. The molecule has 0 aliphatic carbocycles. The van der Waals surface area contributed by atoms with Crippen molar-refractivity contribution < 1.29 is 9.59 Å². The molecule has 0 radical (unpaired) electrons. The summed E-state index contributed by atoms with van der Waals surface area (Å²) in [6.07, 6.45) is 0. The van der Waals surface area contributed by atoms with Crippen LogP contribution in [0, 0.1) is 12.1 Å². The average Bonchev–Trinajstić information content (AvgIpc) is 2.30. The van der Waals surface area contributed by atoms with Gasteiger partial charge in [-0.1, -0.05) is 12.1 Å². The second kappa shape index (κ2) is 1.83. The van der Waals surface area contributed by atoms with Gasteiger partial charge in [-0.2, -0.15) is 0 Å². The molecule has 0 unspecified atom stereocenters. The first kappa shape index (κ1) is 5.93. The average molecular weight is 145 g/mol. The zero-order valence-electron chi connectivity index (χ0n) is 5.47. The summed E-state index contributed by atoms with van der Waals surface area (Å²) < 4.78 is 0. The normalized spacial score (nSPS) is 13.8. The number of imide groups is 1. The predicted octanol–water partition coefficient (Wildman–Crippen LogP) is 0.171. The first-order valence-electron chi connectivity index (χ1n) is 3.06. The van der Waals surface area contributed by atoms with Gasteiger partial charge in [-0.25, -0.2) is 0 Å². The molecule has 0 fully saturated rings. The summed E-state index contributed by atoms with van der Waals surface area (Å²) in [6, 6.07) is 8.12. The molecular weight excluding hydrogens is 142 g/mol. The maximum atomic E-state index is 10.9. The zero-order chi connectivity index (χ0) is 7.84. The quantitative estimate of drug-likeness (QED) is 0.529. The maximum Gasteiger partial charge on any atom is 0.259 e. The van der Waals surface area contributed by atoms with Gasteiger partial charge in [-0.3, -0.25) is 14.9 Å². The van der Waals surface area contributed by atoms with E-state index in [4.69, 9.17) is 0 Å². The molecule has 1 aliphatic rings. The molecule has 3 nitrogen and oxygen atoms in total. The second-order valence-corrected chi connectivity index (χ2v) is 2.19. The summed E-state index contributed by atoms with van der Waals surface area (Å²) in [6.45, 7) is 0. The minimum atomic E-state index is -0.352. The van der Waals surface area contributed by atoms with Gasteiger partial charge in [0.1, 0.15) is 0 Å². The topological polar surface area (TPSA) is 46.2 Å². The van der Waals surface area contributed by atoms with Gasteiger partial charge >= 0.3 is 0 Å². The maximum absolute atomic E-state index is 10.9. The number of fused-ring (bicyclic) bond motifs is 1. The number of rotatable bonds is 0. The van der Waals surface area contributed by atoms with Crippen molar-refractivity contribution in [2.45, 2.75) is 0 Å². The van der Waals surface area contributed by atoms with E-state index < -0.39 is 0 Å². The molecule has 0 saturated heterocycles. The summed E-state index contributed by atoms with van der Waals surface area (Å²) in [7, 11) is 0. The van der Waals surface area contributed by atoms with E-state index in [1.54, 1.807) is 0 Å². The Bertz CT molecular complexity index is 311. The van der Waals surface area contributed by atoms with Gasteiger partial charge < -0.3 is 0 Å². The molecule has 1 heterocycles. The van der Waals surface area contributed by atoms with Crippen LogP contribution in [0.5, 0.6) is 0 Å². The van der Waals surface area contributed by atoms with E-state index in [2.05, 4.69) is 17.4 Å². The lowest BCUT2D eigenvalue weighted by atomic mass is 10.1. The van der Waals surface area contributed by atoms with E-state index in [1.165, 1.54) is 12.1 Å². The summed E-state index contributed by atoms with van der Waals surface area (Å²) >= 11 is 0. The molecular formula is C8H3NO2. The van der Waals surface area contributed by atoms with Crippen molar-refractivity contribution in [1.29, 1.82) is 0 Å². The summed E-state index contributed by atoms with van der Waals surface area (Å²) in [5.74, 6) is -0.703. The minimum absolute atomic E-state index is 0.352. The predicted molar refractivity (Wildman–Crippen MR) is 35.9 cm³/mol. The van der Waals surface area contributed by atoms with E-state index in [-0.39, 0.29) is 11.8 Å². The van der Waals surface area contributed by atoms with Crippen molar-refractivity contribution >= 4 is 11.8 Å². The highest BCUT2D eigenvalue weighted by Gasteiger charge is 2.25. The van der Waals surface area contributed by atoms with Crippen LogP contribution in [0.4, 0.5) is 0 Å². The summed E-state index contributed by atoms with van der Waals surface area (Å²) in [5, 5.41) is 2.16. The van der Waals surface area contributed by atoms with E-state index in [0.717, 1.165) is 0 Å². The van der Waals surface area contributed by atoms with Crippen LogP contribution in [-0.2, 0) is 0 Å². The third-order valence-corrected chi connectivity index (χ3v) is 1.52. The molecule has 0 aromatic heterocycles. The van der Waals surface area contributed by atoms with E-state index in [0.29, 0.717) is 11.1 Å². The molecule has 0 atom stereocenters. The SMILES string of the molecule is O=C1NC(=O)c2cc#ccc21. The Labute approximate surface area is 63.0 Å². The number of nitrogens with one attached hydrogen (secondary N) is 1. The van der Waals surface area contributed by atoms with Crippen molar-refractivity contribution in [3.05, 3.63) is 35.4 Å². The van der Waals surface area contributed by atoms with E-state index in [9.17, 15) is 9.59 Å². The molecule has 11 heavy (non-hydrogen) atoms. The Morgan fingerprint density at radius 3 is 1.91 bits per heavy atom. The molecule has 0 bridgehead atoms. The third kappa shape index (κ3) is 0.696. The molecule has 0 saturated carbocycles. The van der Waals surface area contributed by atoms with Crippen molar-refractivity contribution in [3.8, 4) is 0 Å². The van der Waals surface area contributed by atoms with Gasteiger partial charge in [-0.15, -0.1) is 0 Å². The molecule has 1 aromatic rings. The zero-order valence-corrected chi connectivity index (χ0v) is 5.47. The largest absolute Gasteiger partial charge is 0.288 e. The molecule has 2 rings (SSSR count). The highest BCUT2D eigenvalue weighted by atomic mass is 16.2. The number of amides is 2. The lowest BCUT2D eigenvalue weighted by Crippen LogP contribution is -2.19. The standard InChI is InChI=1S/C8H3NO2/c10-7-5-3-1-2-4-6(5)8(11)9-7/h3-4H,(H,9,10,11). The summed E-state index contributed by atoms with van der Waals surface area (Å²) in [5.41, 5.74) is 0.766. The van der Waals surface area contributed by atoms with Crippen LogP contribution < -0.4 is 5.32 Å². The van der Waals surface area contributed by atoms with Crippen LogP contribution in [-0.4, -0.2) is 11.8 Å². The molecule has 52 valence electrons. The fourth-order valence-corrected chi connectivity index (χ4v) is 0.997. The van der Waals surface area contributed by atoms with Crippen LogP contribution in [0.2, 0.25) is 0 Å². The van der Waals surface area contributed by atoms with Crippen molar-refractivity contribution in [3.63, 3.8) is 0 Å². The lowest BCUT2D eigenvalue weighted by molar-refractivity contribution is 0.0879. The van der Waals surface area contributed by atoms with Gasteiger partial charge in [0.05, 0.1) is 11.1 Å². The first-order chi connectivity index (χ1) is 5.29. The molecule has 2 amide bonds. The number of carbonyl (C=O) groups is 2. The van der Waals surface area contributed by atoms with E-state index >= 15 is 0 Å². The van der Waals surface area contributed by atoms with Crippen molar-refractivity contribution in [2.75, 3.05) is 0 Å². The van der Waals surface area contributed by atoms with Gasteiger partial charge in [-0.05, 0) is 0 Å². The molecule has 1 aliphatic heterocycles. The Morgan fingerprint density at radius 1 is 1.00 bits per heavy atom. The Kier molecular flexibility index (Phi) is 0.986. The van der Waals surface area contributed by atoms with Crippen LogP contribution in [0.3, 0.4) is 0 Å². The molecule has 0 spiro atoms. The molecule has 1 N–H and O–H groups in total. The third-order valence-electron chi connectivity index (χ3n) is 1.52. The van der Waals surface area contributed by atoms with Gasteiger partial charge in [0.25, 0.3) is 11.8 Å². The molecule has 1 aromatic carbocycles. The van der Waals surface area contributed by atoms with Crippen LogP contribution in [0.15, 0.2) is 12.1 Å². The fourth-order valence-electron chi connectivity index (χ4n) is 0.997. The highest BCUT2D eigenvalue weighted by molar-refractivity contribution is 6.21.